The number of rotatable bonds is 6. The van der Waals surface area contributed by atoms with E-state index in [1.165, 1.54) is 24.3 Å². The van der Waals surface area contributed by atoms with Crippen molar-refractivity contribution in [3.63, 3.8) is 0 Å². The number of aromatic carboxylic acids is 1. The lowest BCUT2D eigenvalue weighted by Crippen LogP contribution is -2.09. The minimum atomic E-state index is -0.980. The summed E-state index contributed by atoms with van der Waals surface area (Å²) in [5.74, 6) is -0.286. The maximum Gasteiger partial charge on any atom is 0.335 e. The van der Waals surface area contributed by atoms with Gasteiger partial charge in [-0.05, 0) is 42.8 Å². The number of halogens is 1. The smallest absolute Gasteiger partial charge is 0.335 e. The Morgan fingerprint density at radius 1 is 1.10 bits per heavy atom. The summed E-state index contributed by atoms with van der Waals surface area (Å²) < 4.78 is 23.9. The van der Waals surface area contributed by atoms with Gasteiger partial charge in [0.05, 0.1) is 5.56 Å². The number of carbonyl (C=O) groups is 1. The van der Waals surface area contributed by atoms with Crippen molar-refractivity contribution < 1.29 is 23.8 Å². The fourth-order valence-corrected chi connectivity index (χ4v) is 1.73. The highest BCUT2D eigenvalue weighted by atomic mass is 19.1. The van der Waals surface area contributed by atoms with Crippen molar-refractivity contribution in [2.24, 2.45) is 0 Å². The lowest BCUT2D eigenvalue weighted by Gasteiger charge is -2.10. The zero-order chi connectivity index (χ0) is 15.2. The summed E-state index contributed by atoms with van der Waals surface area (Å²) in [7, 11) is 0. The number of carboxylic acids is 1. The van der Waals surface area contributed by atoms with E-state index < -0.39 is 5.97 Å². The number of aryl methyl sites for hydroxylation is 1. The molecule has 0 amide bonds. The molecule has 0 aliphatic rings. The lowest BCUT2D eigenvalue weighted by molar-refractivity contribution is 0.0697. The molecule has 0 aliphatic carbocycles. The van der Waals surface area contributed by atoms with Crippen LogP contribution in [0.5, 0.6) is 11.5 Å². The van der Waals surface area contributed by atoms with Gasteiger partial charge in [-0.2, -0.15) is 0 Å². The molecule has 0 saturated carbocycles. The topological polar surface area (TPSA) is 55.8 Å². The zero-order valence-electron chi connectivity index (χ0n) is 11.5. The highest BCUT2D eigenvalue weighted by Crippen LogP contribution is 2.18. The van der Waals surface area contributed by atoms with Crippen LogP contribution in [0.1, 0.15) is 15.9 Å². The van der Waals surface area contributed by atoms with Crippen LogP contribution in [0.15, 0.2) is 42.5 Å². The summed E-state index contributed by atoms with van der Waals surface area (Å²) >= 11 is 0. The SMILES string of the molecule is Cc1ccc(F)cc1OCCOc1ccc(C(=O)O)cc1. The van der Waals surface area contributed by atoms with Crippen LogP contribution in [0.4, 0.5) is 4.39 Å². The predicted octanol–water partition coefficient (Wildman–Crippen LogP) is 3.29. The second-order valence-electron chi connectivity index (χ2n) is 4.44. The molecule has 0 bridgehead atoms. The van der Waals surface area contributed by atoms with Crippen molar-refractivity contribution in [3.8, 4) is 11.5 Å². The highest BCUT2D eigenvalue weighted by molar-refractivity contribution is 5.87. The van der Waals surface area contributed by atoms with Crippen LogP contribution in [-0.2, 0) is 0 Å². The standard InChI is InChI=1S/C16H15FO4/c1-11-2-5-13(17)10-15(11)21-9-8-20-14-6-3-12(4-7-14)16(18)19/h2-7,10H,8-9H2,1H3,(H,18,19). The van der Waals surface area contributed by atoms with E-state index in [1.807, 2.05) is 6.92 Å². The first kappa shape index (κ1) is 14.8. The Morgan fingerprint density at radius 3 is 2.43 bits per heavy atom. The second kappa shape index (κ2) is 6.74. The van der Waals surface area contributed by atoms with Gasteiger partial charge in [0.25, 0.3) is 0 Å². The Kier molecular flexibility index (Phi) is 4.77. The van der Waals surface area contributed by atoms with Crippen LogP contribution in [0.2, 0.25) is 0 Å². The molecule has 0 fully saturated rings. The molecular weight excluding hydrogens is 275 g/mol. The Morgan fingerprint density at radius 2 is 1.76 bits per heavy atom. The van der Waals surface area contributed by atoms with Gasteiger partial charge in [-0.25, -0.2) is 9.18 Å². The molecule has 0 radical (unpaired) electrons. The van der Waals surface area contributed by atoms with Crippen molar-refractivity contribution in [1.29, 1.82) is 0 Å². The van der Waals surface area contributed by atoms with Crippen LogP contribution in [0, 0.1) is 12.7 Å². The fourth-order valence-electron chi connectivity index (χ4n) is 1.73. The molecule has 110 valence electrons. The molecule has 5 heteroatoms. The van der Waals surface area contributed by atoms with Crippen molar-refractivity contribution >= 4 is 5.97 Å². The maximum atomic E-state index is 13.1. The summed E-state index contributed by atoms with van der Waals surface area (Å²) in [6.45, 7) is 2.38. The minimum Gasteiger partial charge on any atom is -0.490 e. The molecule has 21 heavy (non-hydrogen) atoms. The van der Waals surface area contributed by atoms with Gasteiger partial charge >= 0.3 is 5.97 Å². The van der Waals surface area contributed by atoms with Gasteiger partial charge in [0.2, 0.25) is 0 Å². The molecule has 0 aliphatic heterocycles. The van der Waals surface area contributed by atoms with Gasteiger partial charge in [0.1, 0.15) is 30.5 Å². The van der Waals surface area contributed by atoms with Crippen molar-refractivity contribution in [1.82, 2.24) is 0 Å². The molecule has 4 nitrogen and oxygen atoms in total. The van der Waals surface area contributed by atoms with E-state index in [1.54, 1.807) is 18.2 Å². The van der Waals surface area contributed by atoms with Crippen LogP contribution in [0.25, 0.3) is 0 Å². The van der Waals surface area contributed by atoms with Crippen molar-refractivity contribution in [2.75, 3.05) is 13.2 Å². The molecular formula is C16H15FO4. The predicted molar refractivity (Wildman–Crippen MR) is 75.5 cm³/mol. The molecule has 0 unspecified atom stereocenters. The quantitative estimate of drug-likeness (QED) is 0.829. The molecule has 2 aromatic carbocycles. The molecule has 0 spiro atoms. The largest absolute Gasteiger partial charge is 0.490 e. The number of benzene rings is 2. The Hall–Kier alpha value is -2.56. The van der Waals surface area contributed by atoms with E-state index in [2.05, 4.69) is 0 Å². The van der Waals surface area contributed by atoms with E-state index in [4.69, 9.17) is 14.6 Å². The number of carboxylic acid groups (broad SMARTS) is 1. The molecule has 1 N–H and O–H groups in total. The first-order chi connectivity index (χ1) is 10.1. The first-order valence-corrected chi connectivity index (χ1v) is 6.41. The highest BCUT2D eigenvalue weighted by Gasteiger charge is 2.03. The molecule has 0 saturated heterocycles. The summed E-state index contributed by atoms with van der Waals surface area (Å²) in [5.41, 5.74) is 1.05. The summed E-state index contributed by atoms with van der Waals surface area (Å²) in [6, 6.07) is 10.5. The third-order valence-electron chi connectivity index (χ3n) is 2.86. The van der Waals surface area contributed by atoms with E-state index >= 15 is 0 Å². The number of hydrogen-bond acceptors (Lipinski definition) is 3. The van der Waals surface area contributed by atoms with E-state index in [-0.39, 0.29) is 24.6 Å². The van der Waals surface area contributed by atoms with Gasteiger partial charge in [-0.3, -0.25) is 0 Å². The maximum absolute atomic E-state index is 13.1. The summed E-state index contributed by atoms with van der Waals surface area (Å²) in [4.78, 5) is 10.7. The molecule has 0 aromatic heterocycles. The van der Waals surface area contributed by atoms with Crippen LogP contribution in [0.3, 0.4) is 0 Å². The average molecular weight is 290 g/mol. The van der Waals surface area contributed by atoms with Gasteiger partial charge in [0.15, 0.2) is 0 Å². The van der Waals surface area contributed by atoms with Crippen LogP contribution in [-0.4, -0.2) is 24.3 Å². The normalized spacial score (nSPS) is 10.2. The molecule has 0 heterocycles. The first-order valence-electron chi connectivity index (χ1n) is 6.41. The molecule has 0 atom stereocenters. The van der Waals surface area contributed by atoms with Crippen LogP contribution < -0.4 is 9.47 Å². The summed E-state index contributed by atoms with van der Waals surface area (Å²) in [5, 5.41) is 8.77. The van der Waals surface area contributed by atoms with Crippen LogP contribution >= 0.6 is 0 Å². The fraction of sp³-hybridized carbons (Fsp3) is 0.188. The van der Waals surface area contributed by atoms with E-state index in [0.717, 1.165) is 5.56 Å². The van der Waals surface area contributed by atoms with Gasteiger partial charge in [-0.15, -0.1) is 0 Å². The number of ether oxygens (including phenoxy) is 2. The lowest BCUT2D eigenvalue weighted by atomic mass is 10.2. The zero-order valence-corrected chi connectivity index (χ0v) is 11.5. The Balaban J connectivity index is 1.81. The van der Waals surface area contributed by atoms with E-state index in [0.29, 0.717) is 11.5 Å². The minimum absolute atomic E-state index is 0.203. The Labute approximate surface area is 121 Å². The van der Waals surface area contributed by atoms with Gasteiger partial charge in [-0.1, -0.05) is 6.07 Å². The third kappa shape index (κ3) is 4.21. The van der Waals surface area contributed by atoms with Crippen molar-refractivity contribution in [2.45, 2.75) is 6.92 Å². The van der Waals surface area contributed by atoms with E-state index in [9.17, 15) is 9.18 Å². The van der Waals surface area contributed by atoms with Gasteiger partial charge in [0, 0.05) is 6.07 Å². The molecule has 2 rings (SSSR count). The average Bonchev–Trinajstić information content (AvgIpc) is 2.47. The Bertz CT molecular complexity index is 623. The summed E-state index contributed by atoms with van der Waals surface area (Å²) in [6.07, 6.45) is 0. The monoisotopic (exact) mass is 290 g/mol. The van der Waals surface area contributed by atoms with Gasteiger partial charge < -0.3 is 14.6 Å². The third-order valence-corrected chi connectivity index (χ3v) is 2.86. The molecule has 2 aromatic rings. The second-order valence-corrected chi connectivity index (χ2v) is 4.44. The van der Waals surface area contributed by atoms with Crippen molar-refractivity contribution in [3.05, 3.63) is 59.4 Å². The number of hydrogen-bond donors (Lipinski definition) is 1.